The summed E-state index contributed by atoms with van der Waals surface area (Å²) in [6.07, 6.45) is 3.91. The SMILES string of the molecule is CC(C)NC(=O)N1CCN(c2ccc(NC(=O)C3CCCC3)cc2C(=O)NCc2ccc(F)cc2)CC1. The molecule has 2 fully saturated rings. The first-order valence-electron chi connectivity index (χ1n) is 13.1. The summed E-state index contributed by atoms with van der Waals surface area (Å²) in [6, 6.07) is 11.4. The van der Waals surface area contributed by atoms with Gasteiger partial charge in [-0.2, -0.15) is 0 Å². The first-order chi connectivity index (χ1) is 17.8. The fourth-order valence-electron chi connectivity index (χ4n) is 4.87. The highest BCUT2D eigenvalue weighted by molar-refractivity contribution is 6.02. The van der Waals surface area contributed by atoms with Gasteiger partial charge < -0.3 is 25.8 Å². The maximum absolute atomic E-state index is 13.3. The van der Waals surface area contributed by atoms with Crippen molar-refractivity contribution in [1.82, 2.24) is 15.5 Å². The fraction of sp³-hybridized carbons (Fsp3) is 0.464. The second kappa shape index (κ2) is 12.1. The van der Waals surface area contributed by atoms with Crippen LogP contribution >= 0.6 is 0 Å². The van der Waals surface area contributed by atoms with E-state index in [1.54, 1.807) is 23.1 Å². The second-order valence-electron chi connectivity index (χ2n) is 10.1. The van der Waals surface area contributed by atoms with Gasteiger partial charge in [-0.15, -0.1) is 0 Å². The summed E-state index contributed by atoms with van der Waals surface area (Å²) < 4.78 is 13.3. The van der Waals surface area contributed by atoms with Crippen LogP contribution in [0.3, 0.4) is 0 Å². The zero-order valence-corrected chi connectivity index (χ0v) is 21.6. The van der Waals surface area contributed by atoms with Crippen LogP contribution in [-0.4, -0.2) is 55.0 Å². The number of nitrogens with zero attached hydrogens (tertiary/aromatic N) is 2. The molecule has 0 radical (unpaired) electrons. The first-order valence-corrected chi connectivity index (χ1v) is 13.1. The molecule has 2 aromatic carbocycles. The van der Waals surface area contributed by atoms with Gasteiger partial charge in [0.05, 0.1) is 5.56 Å². The van der Waals surface area contributed by atoms with Crippen molar-refractivity contribution in [2.45, 2.75) is 52.1 Å². The number of amides is 4. The molecular formula is C28H36FN5O3. The number of carbonyl (C=O) groups excluding carboxylic acids is 3. The molecule has 198 valence electrons. The highest BCUT2D eigenvalue weighted by Gasteiger charge is 2.26. The Balaban J connectivity index is 1.50. The Morgan fingerprint density at radius 1 is 0.973 bits per heavy atom. The molecule has 1 aliphatic carbocycles. The Morgan fingerprint density at radius 2 is 1.65 bits per heavy atom. The Bertz CT molecular complexity index is 1110. The summed E-state index contributed by atoms with van der Waals surface area (Å²) in [7, 11) is 0. The molecule has 0 aromatic heterocycles. The smallest absolute Gasteiger partial charge is 0.317 e. The molecule has 8 nitrogen and oxygen atoms in total. The second-order valence-corrected chi connectivity index (χ2v) is 10.1. The van der Waals surface area contributed by atoms with E-state index in [1.165, 1.54) is 12.1 Å². The predicted molar refractivity (Wildman–Crippen MR) is 142 cm³/mol. The van der Waals surface area contributed by atoms with Crippen molar-refractivity contribution in [3.63, 3.8) is 0 Å². The van der Waals surface area contributed by atoms with E-state index in [2.05, 4.69) is 20.9 Å². The lowest BCUT2D eigenvalue weighted by Crippen LogP contribution is -2.53. The molecule has 37 heavy (non-hydrogen) atoms. The van der Waals surface area contributed by atoms with E-state index in [0.717, 1.165) is 36.9 Å². The van der Waals surface area contributed by atoms with Gasteiger partial charge >= 0.3 is 6.03 Å². The maximum atomic E-state index is 13.3. The zero-order chi connectivity index (χ0) is 26.4. The predicted octanol–water partition coefficient (Wildman–Crippen LogP) is 4.12. The number of carbonyl (C=O) groups is 3. The molecule has 4 amide bonds. The molecular weight excluding hydrogens is 473 g/mol. The minimum Gasteiger partial charge on any atom is -0.367 e. The molecule has 0 bridgehead atoms. The number of halogens is 1. The molecule has 0 atom stereocenters. The summed E-state index contributed by atoms with van der Waals surface area (Å²) in [5.41, 5.74) is 2.57. The van der Waals surface area contributed by atoms with Crippen LogP contribution in [0.1, 0.15) is 55.5 Å². The molecule has 0 spiro atoms. The summed E-state index contributed by atoms with van der Waals surface area (Å²) in [4.78, 5) is 42.3. The van der Waals surface area contributed by atoms with Gasteiger partial charge in [0.15, 0.2) is 0 Å². The van der Waals surface area contributed by atoms with Crippen molar-refractivity contribution in [1.29, 1.82) is 0 Å². The van der Waals surface area contributed by atoms with Crippen LogP contribution in [0, 0.1) is 11.7 Å². The Hall–Kier alpha value is -3.62. The van der Waals surface area contributed by atoms with Gasteiger partial charge in [-0.25, -0.2) is 9.18 Å². The number of rotatable bonds is 7. The number of urea groups is 1. The van der Waals surface area contributed by atoms with Crippen LogP contribution in [0.5, 0.6) is 0 Å². The molecule has 3 N–H and O–H groups in total. The monoisotopic (exact) mass is 509 g/mol. The van der Waals surface area contributed by atoms with Crippen molar-refractivity contribution in [3.05, 3.63) is 59.4 Å². The van der Waals surface area contributed by atoms with Gasteiger partial charge in [0.25, 0.3) is 5.91 Å². The zero-order valence-electron chi connectivity index (χ0n) is 21.6. The van der Waals surface area contributed by atoms with Gasteiger partial charge in [0.2, 0.25) is 5.91 Å². The molecule has 4 rings (SSSR count). The third-order valence-corrected chi connectivity index (χ3v) is 6.92. The molecule has 0 unspecified atom stereocenters. The highest BCUT2D eigenvalue weighted by atomic mass is 19.1. The lowest BCUT2D eigenvalue weighted by molar-refractivity contribution is -0.119. The number of anilines is 2. The fourth-order valence-corrected chi connectivity index (χ4v) is 4.87. The molecule has 1 saturated carbocycles. The van der Waals surface area contributed by atoms with Gasteiger partial charge in [-0.05, 0) is 62.6 Å². The number of benzene rings is 2. The number of hydrogen-bond donors (Lipinski definition) is 3. The lowest BCUT2D eigenvalue weighted by atomic mass is 10.1. The van der Waals surface area contributed by atoms with E-state index in [1.807, 2.05) is 26.0 Å². The molecule has 1 heterocycles. The van der Waals surface area contributed by atoms with Gasteiger partial charge in [0, 0.05) is 56.1 Å². The van der Waals surface area contributed by atoms with E-state index in [-0.39, 0.29) is 42.2 Å². The van der Waals surface area contributed by atoms with Crippen LogP contribution in [0.4, 0.5) is 20.6 Å². The summed E-state index contributed by atoms with van der Waals surface area (Å²) in [5.74, 6) is -0.603. The van der Waals surface area contributed by atoms with Crippen LogP contribution in [0.2, 0.25) is 0 Å². The largest absolute Gasteiger partial charge is 0.367 e. The van der Waals surface area contributed by atoms with E-state index < -0.39 is 0 Å². The van der Waals surface area contributed by atoms with Crippen LogP contribution in [0.15, 0.2) is 42.5 Å². The number of nitrogens with one attached hydrogen (secondary N) is 3. The van der Waals surface area contributed by atoms with Crippen molar-refractivity contribution in [2.75, 3.05) is 36.4 Å². The van der Waals surface area contributed by atoms with E-state index in [4.69, 9.17) is 0 Å². The Morgan fingerprint density at radius 3 is 2.30 bits per heavy atom. The third kappa shape index (κ3) is 6.99. The van der Waals surface area contributed by atoms with E-state index >= 15 is 0 Å². The maximum Gasteiger partial charge on any atom is 0.317 e. The topological polar surface area (TPSA) is 93.8 Å². The average molecular weight is 510 g/mol. The summed E-state index contributed by atoms with van der Waals surface area (Å²) >= 11 is 0. The van der Waals surface area contributed by atoms with Gasteiger partial charge in [-0.1, -0.05) is 25.0 Å². The Kier molecular flexibility index (Phi) is 8.63. The van der Waals surface area contributed by atoms with Crippen molar-refractivity contribution in [3.8, 4) is 0 Å². The van der Waals surface area contributed by atoms with Crippen molar-refractivity contribution < 1.29 is 18.8 Å². The lowest BCUT2D eigenvalue weighted by Gasteiger charge is -2.37. The van der Waals surface area contributed by atoms with Crippen LogP contribution in [0.25, 0.3) is 0 Å². The Labute approximate surface area is 217 Å². The first kappa shape index (κ1) is 26.4. The third-order valence-electron chi connectivity index (χ3n) is 6.92. The molecule has 2 aliphatic rings. The number of hydrogen-bond acceptors (Lipinski definition) is 4. The molecule has 1 aliphatic heterocycles. The quantitative estimate of drug-likeness (QED) is 0.523. The molecule has 2 aromatic rings. The standard InChI is InChI=1S/C28H36FN5O3/c1-19(2)31-28(37)34-15-13-33(14-16-34)25-12-11-23(32-26(35)21-5-3-4-6-21)17-24(25)27(36)30-18-20-7-9-22(29)10-8-20/h7-12,17,19,21H,3-6,13-16,18H2,1-2H3,(H,30,36)(H,31,37)(H,32,35). The minimum atomic E-state index is -0.329. The summed E-state index contributed by atoms with van der Waals surface area (Å²) in [5, 5.41) is 8.83. The molecule has 1 saturated heterocycles. The number of piperazine rings is 1. The highest BCUT2D eigenvalue weighted by Crippen LogP contribution is 2.29. The van der Waals surface area contributed by atoms with Crippen LogP contribution in [-0.2, 0) is 11.3 Å². The normalized spacial score (nSPS) is 16.1. The van der Waals surface area contributed by atoms with E-state index in [0.29, 0.717) is 37.4 Å². The minimum absolute atomic E-state index is 0.00676. The van der Waals surface area contributed by atoms with Crippen LogP contribution < -0.4 is 20.9 Å². The van der Waals surface area contributed by atoms with Crippen molar-refractivity contribution >= 4 is 29.2 Å². The van der Waals surface area contributed by atoms with Gasteiger partial charge in [-0.3, -0.25) is 9.59 Å². The van der Waals surface area contributed by atoms with Crippen molar-refractivity contribution in [2.24, 2.45) is 5.92 Å². The molecule has 9 heteroatoms. The van der Waals surface area contributed by atoms with E-state index in [9.17, 15) is 18.8 Å². The average Bonchev–Trinajstić information content (AvgIpc) is 3.43. The summed E-state index contributed by atoms with van der Waals surface area (Å²) in [6.45, 7) is 6.34. The van der Waals surface area contributed by atoms with Gasteiger partial charge in [0.1, 0.15) is 5.82 Å².